The van der Waals surface area contributed by atoms with E-state index < -0.39 is 0 Å². The monoisotopic (exact) mass is 328 g/mol. The Balaban J connectivity index is 2.18. The van der Waals surface area contributed by atoms with Gasteiger partial charge in [0.25, 0.3) is 0 Å². The summed E-state index contributed by atoms with van der Waals surface area (Å²) >= 11 is 3.59. The van der Waals surface area contributed by atoms with Crippen molar-refractivity contribution in [2.45, 2.75) is 27.2 Å². The molecule has 20 heavy (non-hydrogen) atoms. The van der Waals surface area contributed by atoms with Gasteiger partial charge in [-0.1, -0.05) is 31.2 Å². The zero-order valence-corrected chi connectivity index (χ0v) is 13.5. The van der Waals surface area contributed by atoms with Gasteiger partial charge in [-0.2, -0.15) is 0 Å². The Morgan fingerprint density at radius 1 is 1.15 bits per heavy atom. The van der Waals surface area contributed by atoms with Crippen molar-refractivity contribution in [1.29, 1.82) is 0 Å². The van der Waals surface area contributed by atoms with E-state index in [-0.39, 0.29) is 0 Å². The number of rotatable bonds is 2. The number of fused-ring (bicyclic) bond motifs is 1. The minimum Gasteiger partial charge on any atom is -0.303 e. The van der Waals surface area contributed by atoms with Crippen molar-refractivity contribution in [3.63, 3.8) is 0 Å². The number of hydrogen-bond acceptors (Lipinski definition) is 1. The molecular formula is C17H17BrN2. The van der Waals surface area contributed by atoms with E-state index >= 15 is 0 Å². The van der Waals surface area contributed by atoms with Gasteiger partial charge in [0.15, 0.2) is 0 Å². The van der Waals surface area contributed by atoms with Crippen LogP contribution in [0.2, 0.25) is 0 Å². The van der Waals surface area contributed by atoms with Crippen molar-refractivity contribution < 1.29 is 0 Å². The predicted octanol–water partition coefficient (Wildman–Crippen LogP) is 4.94. The number of nitrogens with zero attached hydrogens (tertiary/aromatic N) is 2. The van der Waals surface area contributed by atoms with Crippen molar-refractivity contribution in [3.8, 4) is 11.3 Å². The molecule has 0 radical (unpaired) electrons. The molecule has 2 aromatic heterocycles. The van der Waals surface area contributed by atoms with Gasteiger partial charge in [0.05, 0.1) is 5.69 Å². The maximum absolute atomic E-state index is 4.78. The lowest BCUT2D eigenvalue weighted by Gasteiger charge is -2.02. The zero-order valence-electron chi connectivity index (χ0n) is 11.9. The molecule has 0 aliphatic carbocycles. The minimum atomic E-state index is 0.998. The summed E-state index contributed by atoms with van der Waals surface area (Å²) in [7, 11) is 0. The summed E-state index contributed by atoms with van der Waals surface area (Å²) in [6, 6.07) is 10.8. The van der Waals surface area contributed by atoms with Crippen LogP contribution in [0.5, 0.6) is 0 Å². The highest BCUT2D eigenvalue weighted by Crippen LogP contribution is 2.27. The second-order valence-corrected chi connectivity index (χ2v) is 5.98. The Bertz CT molecular complexity index is 770. The van der Waals surface area contributed by atoms with Gasteiger partial charge in [0.1, 0.15) is 5.65 Å². The van der Waals surface area contributed by atoms with E-state index in [9.17, 15) is 0 Å². The first-order valence-corrected chi connectivity index (χ1v) is 7.63. The molecule has 0 fully saturated rings. The maximum atomic E-state index is 4.78. The summed E-state index contributed by atoms with van der Waals surface area (Å²) in [5.41, 5.74) is 6.97. The lowest BCUT2D eigenvalue weighted by Crippen LogP contribution is -1.89. The van der Waals surface area contributed by atoms with Gasteiger partial charge < -0.3 is 4.40 Å². The fourth-order valence-corrected chi connectivity index (χ4v) is 2.77. The van der Waals surface area contributed by atoms with E-state index in [1.165, 1.54) is 22.4 Å². The van der Waals surface area contributed by atoms with E-state index in [1.54, 1.807) is 0 Å². The summed E-state index contributed by atoms with van der Waals surface area (Å²) in [4.78, 5) is 4.78. The second kappa shape index (κ2) is 5.06. The van der Waals surface area contributed by atoms with Crippen LogP contribution in [0, 0.1) is 13.8 Å². The first-order valence-electron chi connectivity index (χ1n) is 6.84. The number of hydrogen-bond donors (Lipinski definition) is 0. The van der Waals surface area contributed by atoms with Crippen LogP contribution < -0.4 is 0 Å². The van der Waals surface area contributed by atoms with Gasteiger partial charge in [0.2, 0.25) is 0 Å². The predicted molar refractivity (Wildman–Crippen MR) is 87.2 cm³/mol. The first-order chi connectivity index (χ1) is 9.60. The van der Waals surface area contributed by atoms with E-state index in [0.717, 1.165) is 22.2 Å². The van der Waals surface area contributed by atoms with Gasteiger partial charge in [0, 0.05) is 21.9 Å². The third kappa shape index (κ3) is 2.16. The normalized spacial score (nSPS) is 11.2. The number of halogens is 1. The van der Waals surface area contributed by atoms with Gasteiger partial charge in [-0.05, 0) is 53.4 Å². The molecule has 2 nitrogen and oxygen atoms in total. The summed E-state index contributed by atoms with van der Waals surface area (Å²) in [6.07, 6.45) is 3.16. The fraction of sp³-hybridized carbons (Fsp3) is 0.235. The lowest BCUT2D eigenvalue weighted by atomic mass is 10.1. The van der Waals surface area contributed by atoms with Crippen molar-refractivity contribution >= 4 is 21.6 Å². The Morgan fingerprint density at radius 2 is 1.85 bits per heavy atom. The standard InChI is InChI=1S/C17H17BrN2/c1-4-13-5-7-14(8-6-13)17-12(3)20-10-15(18)11(2)9-16(20)19-17/h5-10H,4H2,1-3H3. The summed E-state index contributed by atoms with van der Waals surface area (Å²) in [5, 5.41) is 0. The van der Waals surface area contributed by atoms with Crippen molar-refractivity contribution in [2.75, 3.05) is 0 Å². The Kier molecular flexibility index (Phi) is 3.38. The van der Waals surface area contributed by atoms with Gasteiger partial charge in [-0.15, -0.1) is 0 Å². The molecule has 0 unspecified atom stereocenters. The van der Waals surface area contributed by atoms with Crippen LogP contribution in [-0.4, -0.2) is 9.38 Å². The van der Waals surface area contributed by atoms with E-state index in [2.05, 4.69) is 77.6 Å². The van der Waals surface area contributed by atoms with Crippen molar-refractivity contribution in [2.24, 2.45) is 0 Å². The number of pyridine rings is 1. The van der Waals surface area contributed by atoms with Crippen LogP contribution in [-0.2, 0) is 6.42 Å². The molecule has 0 bridgehead atoms. The molecule has 0 spiro atoms. The van der Waals surface area contributed by atoms with E-state index in [0.29, 0.717) is 0 Å². The second-order valence-electron chi connectivity index (χ2n) is 5.13. The highest BCUT2D eigenvalue weighted by Gasteiger charge is 2.11. The van der Waals surface area contributed by atoms with Crippen molar-refractivity contribution in [1.82, 2.24) is 9.38 Å². The number of benzene rings is 1. The molecule has 0 saturated heterocycles. The molecule has 0 aliphatic heterocycles. The molecule has 102 valence electrons. The Hall–Kier alpha value is -1.61. The highest BCUT2D eigenvalue weighted by molar-refractivity contribution is 9.10. The SMILES string of the molecule is CCc1ccc(-c2nc3cc(C)c(Br)cn3c2C)cc1. The summed E-state index contributed by atoms with van der Waals surface area (Å²) in [6.45, 7) is 6.38. The van der Waals surface area contributed by atoms with Gasteiger partial charge >= 0.3 is 0 Å². The minimum absolute atomic E-state index is 0.998. The van der Waals surface area contributed by atoms with Crippen LogP contribution in [0.4, 0.5) is 0 Å². The van der Waals surface area contributed by atoms with Crippen LogP contribution in [0.3, 0.4) is 0 Å². The number of imidazole rings is 1. The van der Waals surface area contributed by atoms with Gasteiger partial charge in [-0.3, -0.25) is 0 Å². The number of aryl methyl sites for hydroxylation is 3. The van der Waals surface area contributed by atoms with E-state index in [1.807, 2.05) is 0 Å². The molecule has 3 heteroatoms. The fourth-order valence-electron chi connectivity index (χ4n) is 2.45. The molecule has 3 aromatic rings. The third-order valence-electron chi connectivity index (χ3n) is 3.78. The molecule has 0 aliphatic rings. The average molecular weight is 329 g/mol. The lowest BCUT2D eigenvalue weighted by molar-refractivity contribution is 1.09. The number of aromatic nitrogens is 2. The summed E-state index contributed by atoms with van der Waals surface area (Å²) in [5.74, 6) is 0. The zero-order chi connectivity index (χ0) is 14.3. The van der Waals surface area contributed by atoms with Crippen LogP contribution >= 0.6 is 15.9 Å². The first kappa shape index (κ1) is 13.4. The molecule has 0 atom stereocenters. The van der Waals surface area contributed by atoms with Crippen LogP contribution in [0.15, 0.2) is 41.0 Å². The molecule has 1 aromatic carbocycles. The van der Waals surface area contributed by atoms with Crippen molar-refractivity contribution in [3.05, 3.63) is 57.8 Å². The largest absolute Gasteiger partial charge is 0.303 e. The average Bonchev–Trinajstić information content (AvgIpc) is 2.77. The van der Waals surface area contributed by atoms with Gasteiger partial charge in [-0.25, -0.2) is 4.98 Å². The van der Waals surface area contributed by atoms with Crippen LogP contribution in [0.1, 0.15) is 23.7 Å². The molecular weight excluding hydrogens is 312 g/mol. The maximum Gasteiger partial charge on any atom is 0.137 e. The molecule has 0 amide bonds. The quantitative estimate of drug-likeness (QED) is 0.651. The van der Waals surface area contributed by atoms with Crippen LogP contribution in [0.25, 0.3) is 16.9 Å². The Morgan fingerprint density at radius 3 is 2.50 bits per heavy atom. The third-order valence-corrected chi connectivity index (χ3v) is 4.61. The smallest absolute Gasteiger partial charge is 0.137 e. The van der Waals surface area contributed by atoms with E-state index in [4.69, 9.17) is 4.98 Å². The summed E-state index contributed by atoms with van der Waals surface area (Å²) < 4.78 is 3.25. The topological polar surface area (TPSA) is 17.3 Å². The molecule has 3 rings (SSSR count). The molecule has 2 heterocycles. The molecule has 0 saturated carbocycles. The molecule has 0 N–H and O–H groups in total. The Labute approximate surface area is 127 Å². The highest BCUT2D eigenvalue weighted by atomic mass is 79.9.